The van der Waals surface area contributed by atoms with Gasteiger partial charge in [0, 0.05) is 12.8 Å². The SMILES string of the molecule is CC(=O)CCCCCCC(=O)Nc1c(C#N)cnn1-c1ccc(Cl)c(Cl)c1Cl. The number of nitriles is 1. The standard InChI is InChI=1S/C19H19Cl3N4O2/c1-12(27)6-4-2-3-5-7-16(28)25-19-13(10-23)11-24-26(19)15-9-8-14(20)17(21)18(15)22/h8-9,11H,2-7H2,1H3,(H,25,28). The Morgan fingerprint density at radius 2 is 1.79 bits per heavy atom. The minimum Gasteiger partial charge on any atom is -0.309 e. The van der Waals surface area contributed by atoms with E-state index in [1.807, 2.05) is 6.07 Å². The molecule has 1 N–H and O–H groups in total. The van der Waals surface area contributed by atoms with Crippen LogP contribution in [0.3, 0.4) is 0 Å². The van der Waals surface area contributed by atoms with Crippen LogP contribution < -0.4 is 5.32 Å². The molecule has 0 aliphatic carbocycles. The third-order valence-electron chi connectivity index (χ3n) is 4.07. The van der Waals surface area contributed by atoms with Crippen LogP contribution in [-0.4, -0.2) is 21.5 Å². The van der Waals surface area contributed by atoms with E-state index in [1.54, 1.807) is 19.1 Å². The molecule has 0 fully saturated rings. The molecule has 0 aliphatic rings. The first-order valence-corrected chi connectivity index (χ1v) is 9.89. The topological polar surface area (TPSA) is 87.8 Å². The quantitative estimate of drug-likeness (QED) is 0.407. The Morgan fingerprint density at radius 3 is 2.43 bits per heavy atom. The van der Waals surface area contributed by atoms with E-state index in [-0.39, 0.29) is 33.1 Å². The van der Waals surface area contributed by atoms with E-state index < -0.39 is 0 Å². The van der Waals surface area contributed by atoms with Crippen molar-refractivity contribution in [3.63, 3.8) is 0 Å². The molecule has 0 bridgehead atoms. The molecule has 1 amide bonds. The van der Waals surface area contributed by atoms with Crippen molar-refractivity contribution in [1.82, 2.24) is 9.78 Å². The average molecular weight is 442 g/mol. The van der Waals surface area contributed by atoms with Crippen molar-refractivity contribution in [2.24, 2.45) is 0 Å². The van der Waals surface area contributed by atoms with E-state index in [2.05, 4.69) is 10.4 Å². The number of hydrogen-bond donors (Lipinski definition) is 1. The second kappa shape index (κ2) is 10.5. The van der Waals surface area contributed by atoms with Crippen LogP contribution in [0.25, 0.3) is 5.69 Å². The summed E-state index contributed by atoms with van der Waals surface area (Å²) in [5.41, 5.74) is 0.606. The van der Waals surface area contributed by atoms with Gasteiger partial charge in [0.15, 0.2) is 5.82 Å². The van der Waals surface area contributed by atoms with Crippen molar-refractivity contribution in [3.8, 4) is 11.8 Å². The third-order valence-corrected chi connectivity index (χ3v) is 5.36. The fourth-order valence-electron chi connectivity index (χ4n) is 2.62. The summed E-state index contributed by atoms with van der Waals surface area (Å²) >= 11 is 18.3. The van der Waals surface area contributed by atoms with Crippen molar-refractivity contribution >= 4 is 52.3 Å². The highest BCUT2D eigenvalue weighted by molar-refractivity contribution is 6.48. The second-order valence-electron chi connectivity index (χ2n) is 6.29. The highest BCUT2D eigenvalue weighted by atomic mass is 35.5. The van der Waals surface area contributed by atoms with E-state index in [1.165, 1.54) is 10.9 Å². The fourth-order valence-corrected chi connectivity index (χ4v) is 3.23. The summed E-state index contributed by atoms with van der Waals surface area (Å²) in [5, 5.41) is 16.8. The monoisotopic (exact) mass is 440 g/mol. The van der Waals surface area contributed by atoms with Crippen molar-refractivity contribution in [3.05, 3.63) is 39.0 Å². The molecular weight excluding hydrogens is 423 g/mol. The van der Waals surface area contributed by atoms with Gasteiger partial charge in [-0.05, 0) is 31.9 Å². The summed E-state index contributed by atoms with van der Waals surface area (Å²) in [4.78, 5) is 23.2. The summed E-state index contributed by atoms with van der Waals surface area (Å²) in [7, 11) is 0. The van der Waals surface area contributed by atoms with E-state index in [0.717, 1.165) is 19.3 Å². The Hall–Kier alpha value is -2.07. The van der Waals surface area contributed by atoms with Gasteiger partial charge in [0.05, 0.1) is 27.0 Å². The molecule has 0 unspecified atom stereocenters. The summed E-state index contributed by atoms with van der Waals surface area (Å²) in [5.74, 6) is 0.168. The van der Waals surface area contributed by atoms with Crippen molar-refractivity contribution in [2.45, 2.75) is 45.4 Å². The molecule has 1 aromatic heterocycles. The maximum absolute atomic E-state index is 12.3. The van der Waals surface area contributed by atoms with E-state index in [9.17, 15) is 14.9 Å². The lowest BCUT2D eigenvalue weighted by Crippen LogP contribution is -2.15. The number of hydrogen-bond acceptors (Lipinski definition) is 4. The molecule has 0 saturated carbocycles. The molecule has 0 atom stereocenters. The lowest BCUT2D eigenvalue weighted by Gasteiger charge is -2.12. The maximum Gasteiger partial charge on any atom is 0.225 e. The maximum atomic E-state index is 12.3. The first kappa shape index (κ1) is 22.2. The van der Waals surface area contributed by atoms with E-state index in [4.69, 9.17) is 34.8 Å². The number of unbranched alkanes of at least 4 members (excludes halogenated alkanes) is 3. The number of anilines is 1. The average Bonchev–Trinajstić information content (AvgIpc) is 3.04. The number of halogens is 3. The summed E-state index contributed by atoms with van der Waals surface area (Å²) in [6.07, 6.45) is 5.48. The first-order chi connectivity index (χ1) is 13.3. The lowest BCUT2D eigenvalue weighted by molar-refractivity contribution is -0.117. The van der Waals surface area contributed by atoms with Gasteiger partial charge < -0.3 is 10.1 Å². The van der Waals surface area contributed by atoms with E-state index in [0.29, 0.717) is 30.0 Å². The Kier molecular flexibility index (Phi) is 8.31. The van der Waals surface area contributed by atoms with Gasteiger partial charge in [-0.25, -0.2) is 4.68 Å². The van der Waals surface area contributed by atoms with Gasteiger partial charge in [-0.2, -0.15) is 10.4 Å². The Morgan fingerprint density at radius 1 is 1.11 bits per heavy atom. The summed E-state index contributed by atoms with van der Waals surface area (Å²) in [6.45, 7) is 1.57. The van der Waals surface area contributed by atoms with Crippen LogP contribution >= 0.6 is 34.8 Å². The third kappa shape index (κ3) is 5.71. The Bertz CT molecular complexity index is 919. The molecule has 2 rings (SSSR count). The second-order valence-corrected chi connectivity index (χ2v) is 7.45. The molecule has 0 aliphatic heterocycles. The number of carbonyl (C=O) groups excluding carboxylic acids is 2. The largest absolute Gasteiger partial charge is 0.309 e. The molecule has 2 aromatic rings. The molecule has 1 aromatic carbocycles. The van der Waals surface area contributed by atoms with Crippen molar-refractivity contribution in [2.75, 3.05) is 5.32 Å². The highest BCUT2D eigenvalue weighted by Gasteiger charge is 2.18. The van der Waals surface area contributed by atoms with Crippen LogP contribution in [0, 0.1) is 11.3 Å². The van der Waals surface area contributed by atoms with Crippen molar-refractivity contribution < 1.29 is 9.59 Å². The Labute approximate surface area is 178 Å². The zero-order chi connectivity index (χ0) is 20.7. The Balaban J connectivity index is 2.07. The van der Waals surface area contributed by atoms with Crippen LogP contribution in [-0.2, 0) is 9.59 Å². The number of benzene rings is 1. The van der Waals surface area contributed by atoms with Gasteiger partial charge in [-0.15, -0.1) is 0 Å². The fraction of sp³-hybridized carbons (Fsp3) is 0.368. The summed E-state index contributed by atoms with van der Waals surface area (Å²) in [6, 6.07) is 5.17. The zero-order valence-corrected chi connectivity index (χ0v) is 17.5. The summed E-state index contributed by atoms with van der Waals surface area (Å²) < 4.78 is 1.36. The van der Waals surface area contributed by atoms with Crippen LogP contribution in [0.5, 0.6) is 0 Å². The predicted octanol–water partition coefficient (Wildman–Crippen LogP) is 5.57. The van der Waals surface area contributed by atoms with Crippen molar-refractivity contribution in [1.29, 1.82) is 5.26 Å². The molecule has 1 heterocycles. The molecule has 28 heavy (non-hydrogen) atoms. The van der Waals surface area contributed by atoms with Gasteiger partial charge in [0.1, 0.15) is 17.4 Å². The number of amides is 1. The van der Waals surface area contributed by atoms with Crippen LogP contribution in [0.15, 0.2) is 18.3 Å². The number of Topliss-reactive ketones (excluding diaryl/α,β-unsaturated/α-hetero) is 1. The predicted molar refractivity (Wildman–Crippen MR) is 110 cm³/mol. The van der Waals surface area contributed by atoms with Gasteiger partial charge in [-0.3, -0.25) is 4.79 Å². The minimum absolute atomic E-state index is 0.165. The zero-order valence-electron chi connectivity index (χ0n) is 15.3. The van der Waals surface area contributed by atoms with Gasteiger partial charge >= 0.3 is 0 Å². The van der Waals surface area contributed by atoms with Gasteiger partial charge in [0.25, 0.3) is 0 Å². The number of nitrogens with one attached hydrogen (secondary N) is 1. The molecule has 9 heteroatoms. The number of ketones is 1. The number of aromatic nitrogens is 2. The smallest absolute Gasteiger partial charge is 0.225 e. The van der Waals surface area contributed by atoms with Gasteiger partial charge in [0.2, 0.25) is 5.91 Å². The molecular formula is C19H19Cl3N4O2. The molecule has 0 spiro atoms. The van der Waals surface area contributed by atoms with Crippen LogP contribution in [0.4, 0.5) is 5.82 Å². The molecule has 6 nitrogen and oxygen atoms in total. The molecule has 148 valence electrons. The minimum atomic E-state index is -0.235. The molecule has 0 radical (unpaired) electrons. The first-order valence-electron chi connectivity index (χ1n) is 8.76. The lowest BCUT2D eigenvalue weighted by atomic mass is 10.1. The normalized spacial score (nSPS) is 10.5. The van der Waals surface area contributed by atoms with E-state index >= 15 is 0 Å². The highest BCUT2D eigenvalue weighted by Crippen LogP contribution is 2.36. The van der Waals surface area contributed by atoms with Crippen LogP contribution in [0.2, 0.25) is 15.1 Å². The number of carbonyl (C=O) groups is 2. The number of nitrogens with zero attached hydrogens (tertiary/aromatic N) is 3. The molecule has 0 saturated heterocycles. The number of rotatable bonds is 9. The van der Waals surface area contributed by atoms with Gasteiger partial charge in [-0.1, -0.05) is 47.6 Å². The van der Waals surface area contributed by atoms with Crippen LogP contribution in [0.1, 0.15) is 51.0 Å².